The van der Waals surface area contributed by atoms with Gasteiger partial charge in [-0.15, -0.1) is 0 Å². The van der Waals surface area contributed by atoms with Crippen LogP contribution in [0, 0.1) is 5.92 Å². The molecule has 0 saturated carbocycles. The van der Waals surface area contributed by atoms with Crippen LogP contribution in [-0.4, -0.2) is 60.2 Å². The Labute approximate surface area is 152 Å². The van der Waals surface area contributed by atoms with E-state index in [2.05, 4.69) is 10.6 Å². The van der Waals surface area contributed by atoms with Gasteiger partial charge in [0.2, 0.25) is 5.91 Å². The van der Waals surface area contributed by atoms with Crippen LogP contribution in [0.15, 0.2) is 24.3 Å². The van der Waals surface area contributed by atoms with Crippen LogP contribution in [0.25, 0.3) is 0 Å². The topological polar surface area (TPSA) is 98.8 Å². The highest BCUT2D eigenvalue weighted by molar-refractivity contribution is 6.08. The molecule has 1 heterocycles. The summed E-state index contributed by atoms with van der Waals surface area (Å²) < 4.78 is 0. The zero-order chi connectivity index (χ0) is 19.4. The molecule has 2 rings (SSSR count). The van der Waals surface area contributed by atoms with Gasteiger partial charge in [0, 0.05) is 25.3 Å². The van der Waals surface area contributed by atoms with Crippen molar-refractivity contribution in [2.75, 3.05) is 26.0 Å². The van der Waals surface area contributed by atoms with E-state index in [0.717, 1.165) is 4.90 Å². The Morgan fingerprint density at radius 3 is 2.35 bits per heavy atom. The second kappa shape index (κ2) is 7.99. The molecule has 1 saturated heterocycles. The number of rotatable bonds is 6. The molecule has 1 aliphatic heterocycles. The summed E-state index contributed by atoms with van der Waals surface area (Å²) in [6, 6.07) is 5.27. The molecule has 1 fully saturated rings. The Balaban J connectivity index is 1.95. The van der Waals surface area contributed by atoms with Crippen molar-refractivity contribution < 1.29 is 19.2 Å². The van der Waals surface area contributed by atoms with Crippen LogP contribution in [0.5, 0.6) is 0 Å². The van der Waals surface area contributed by atoms with Crippen molar-refractivity contribution in [2.24, 2.45) is 5.92 Å². The summed E-state index contributed by atoms with van der Waals surface area (Å²) in [5.74, 6) is -0.754. The molecule has 26 heavy (non-hydrogen) atoms. The lowest BCUT2D eigenvalue weighted by Gasteiger charge is -2.14. The molecule has 0 unspecified atom stereocenters. The third kappa shape index (κ3) is 4.59. The molecule has 0 radical (unpaired) electrons. The maximum Gasteiger partial charge on any atom is 0.325 e. The van der Waals surface area contributed by atoms with Gasteiger partial charge in [0.25, 0.3) is 11.8 Å². The van der Waals surface area contributed by atoms with E-state index >= 15 is 0 Å². The Hall–Kier alpha value is -2.90. The highest BCUT2D eigenvalue weighted by Crippen LogP contribution is 2.15. The first-order chi connectivity index (χ1) is 12.2. The number of hydrogen-bond acceptors (Lipinski definition) is 4. The fourth-order valence-electron chi connectivity index (χ4n) is 2.66. The van der Waals surface area contributed by atoms with Gasteiger partial charge in [-0.25, -0.2) is 4.79 Å². The molecule has 1 aromatic rings. The molecular formula is C18H24N4O4. The standard InChI is InChI=1S/C18H24N4O4/c1-11(2)9-14-17(25)22(18(26)20-14)10-15(23)19-13-7-5-12(6-8-13)16(24)21(3)4/h5-8,11,14H,9-10H2,1-4H3,(H,19,23)(H,20,26)/t14-/m0/s1. The number of carbonyl (C=O) groups is 4. The number of hydrogen-bond donors (Lipinski definition) is 2. The number of urea groups is 1. The van der Waals surface area contributed by atoms with Crippen LogP contribution in [0.2, 0.25) is 0 Å². The zero-order valence-corrected chi connectivity index (χ0v) is 15.4. The SMILES string of the molecule is CC(C)C[C@@H]1NC(=O)N(CC(=O)Nc2ccc(C(=O)N(C)C)cc2)C1=O. The van der Waals surface area contributed by atoms with Gasteiger partial charge in [0.15, 0.2) is 0 Å². The van der Waals surface area contributed by atoms with Crippen molar-refractivity contribution in [1.82, 2.24) is 15.1 Å². The largest absolute Gasteiger partial charge is 0.345 e. The summed E-state index contributed by atoms with van der Waals surface area (Å²) in [7, 11) is 3.31. The van der Waals surface area contributed by atoms with Crippen molar-refractivity contribution in [3.05, 3.63) is 29.8 Å². The molecule has 5 amide bonds. The molecule has 140 valence electrons. The fraction of sp³-hybridized carbons (Fsp3) is 0.444. The van der Waals surface area contributed by atoms with Crippen molar-refractivity contribution >= 4 is 29.4 Å². The maximum atomic E-state index is 12.2. The molecular weight excluding hydrogens is 336 g/mol. The quantitative estimate of drug-likeness (QED) is 0.747. The number of nitrogens with one attached hydrogen (secondary N) is 2. The van der Waals surface area contributed by atoms with Gasteiger partial charge in [-0.05, 0) is 36.6 Å². The van der Waals surface area contributed by atoms with Gasteiger partial charge in [-0.2, -0.15) is 0 Å². The summed E-state index contributed by atoms with van der Waals surface area (Å²) in [4.78, 5) is 50.5. The van der Waals surface area contributed by atoms with E-state index in [1.807, 2.05) is 13.8 Å². The molecule has 2 N–H and O–H groups in total. The van der Waals surface area contributed by atoms with Crippen LogP contribution in [0.1, 0.15) is 30.6 Å². The van der Waals surface area contributed by atoms with Gasteiger partial charge >= 0.3 is 6.03 Å². The summed E-state index contributed by atoms with van der Waals surface area (Å²) in [5, 5.41) is 5.22. The predicted octanol–water partition coefficient (Wildman–Crippen LogP) is 1.29. The number of amides is 5. The average Bonchev–Trinajstić information content (AvgIpc) is 2.81. The minimum atomic E-state index is -0.577. The molecule has 0 aromatic heterocycles. The summed E-state index contributed by atoms with van der Waals surface area (Å²) in [6.07, 6.45) is 0.532. The minimum absolute atomic E-state index is 0.140. The lowest BCUT2D eigenvalue weighted by Crippen LogP contribution is -2.38. The smallest absolute Gasteiger partial charge is 0.325 e. The fourth-order valence-corrected chi connectivity index (χ4v) is 2.66. The van der Waals surface area contributed by atoms with Gasteiger partial charge in [0.05, 0.1) is 0 Å². The molecule has 1 atom stereocenters. The highest BCUT2D eigenvalue weighted by atomic mass is 16.2. The average molecular weight is 360 g/mol. The zero-order valence-electron chi connectivity index (χ0n) is 15.4. The van der Waals surface area contributed by atoms with Crippen LogP contribution < -0.4 is 10.6 Å². The summed E-state index contributed by atoms with van der Waals surface area (Å²) >= 11 is 0. The normalized spacial score (nSPS) is 16.7. The maximum absolute atomic E-state index is 12.2. The Morgan fingerprint density at radius 1 is 1.19 bits per heavy atom. The molecule has 0 aliphatic carbocycles. The first-order valence-electron chi connectivity index (χ1n) is 8.42. The van der Waals surface area contributed by atoms with Gasteiger partial charge in [-0.3, -0.25) is 19.3 Å². The van der Waals surface area contributed by atoms with Crippen LogP contribution in [-0.2, 0) is 9.59 Å². The number of anilines is 1. The van der Waals surface area contributed by atoms with E-state index in [4.69, 9.17) is 0 Å². The Kier molecular flexibility index (Phi) is 5.97. The summed E-state index contributed by atoms with van der Waals surface area (Å²) in [6.45, 7) is 3.57. The highest BCUT2D eigenvalue weighted by Gasteiger charge is 2.38. The van der Waals surface area contributed by atoms with E-state index in [1.54, 1.807) is 38.4 Å². The lowest BCUT2D eigenvalue weighted by molar-refractivity contribution is -0.131. The van der Waals surface area contributed by atoms with Crippen molar-refractivity contribution in [1.29, 1.82) is 0 Å². The van der Waals surface area contributed by atoms with Gasteiger partial charge in [-0.1, -0.05) is 13.8 Å². The van der Waals surface area contributed by atoms with E-state index in [9.17, 15) is 19.2 Å². The Morgan fingerprint density at radius 2 is 1.81 bits per heavy atom. The molecule has 8 heteroatoms. The number of carbonyl (C=O) groups excluding carboxylic acids is 4. The van der Waals surface area contributed by atoms with E-state index in [-0.39, 0.29) is 24.3 Å². The van der Waals surface area contributed by atoms with Crippen LogP contribution in [0.3, 0.4) is 0 Å². The van der Waals surface area contributed by atoms with Crippen LogP contribution in [0.4, 0.5) is 10.5 Å². The monoisotopic (exact) mass is 360 g/mol. The third-order valence-electron chi connectivity index (χ3n) is 3.94. The Bertz CT molecular complexity index is 712. The molecule has 1 aliphatic rings. The van der Waals surface area contributed by atoms with Gasteiger partial charge < -0.3 is 15.5 Å². The van der Waals surface area contributed by atoms with E-state index in [0.29, 0.717) is 17.7 Å². The van der Waals surface area contributed by atoms with Crippen LogP contribution >= 0.6 is 0 Å². The molecule has 8 nitrogen and oxygen atoms in total. The van der Waals surface area contributed by atoms with Gasteiger partial charge in [0.1, 0.15) is 12.6 Å². The number of imide groups is 1. The van der Waals surface area contributed by atoms with Crippen molar-refractivity contribution in [2.45, 2.75) is 26.3 Å². The lowest BCUT2D eigenvalue weighted by atomic mass is 10.0. The first-order valence-corrected chi connectivity index (χ1v) is 8.42. The van der Waals surface area contributed by atoms with Crippen molar-refractivity contribution in [3.63, 3.8) is 0 Å². The second-order valence-corrected chi connectivity index (χ2v) is 6.88. The number of benzene rings is 1. The summed E-state index contributed by atoms with van der Waals surface area (Å²) in [5.41, 5.74) is 0.981. The third-order valence-corrected chi connectivity index (χ3v) is 3.94. The molecule has 1 aromatic carbocycles. The minimum Gasteiger partial charge on any atom is -0.345 e. The van der Waals surface area contributed by atoms with Crippen molar-refractivity contribution in [3.8, 4) is 0 Å². The van der Waals surface area contributed by atoms with E-state index in [1.165, 1.54) is 4.90 Å². The predicted molar refractivity (Wildman–Crippen MR) is 96.6 cm³/mol. The first kappa shape index (κ1) is 19.4. The number of nitrogens with zero attached hydrogens (tertiary/aromatic N) is 2. The molecule has 0 spiro atoms. The second-order valence-electron chi connectivity index (χ2n) is 6.88. The molecule has 0 bridgehead atoms. The van der Waals surface area contributed by atoms with E-state index < -0.39 is 18.0 Å².